The number of methoxy groups -OCH3 is 1. The van der Waals surface area contributed by atoms with Crippen LogP contribution in [-0.4, -0.2) is 53.0 Å². The zero-order chi connectivity index (χ0) is 15.2. The van der Waals surface area contributed by atoms with Crippen molar-refractivity contribution in [3.63, 3.8) is 0 Å². The third kappa shape index (κ3) is 4.11. The molecule has 1 aromatic carbocycles. The van der Waals surface area contributed by atoms with E-state index in [-0.39, 0.29) is 0 Å². The van der Waals surface area contributed by atoms with Crippen molar-refractivity contribution in [3.05, 3.63) is 24.3 Å². The van der Waals surface area contributed by atoms with Crippen LogP contribution in [0.4, 0.5) is 11.4 Å². The number of hydrogen-bond acceptors (Lipinski definition) is 4. The first-order valence-corrected chi connectivity index (χ1v) is 7.90. The number of nitrogens with one attached hydrogen (secondary N) is 1. The summed E-state index contributed by atoms with van der Waals surface area (Å²) in [5, 5.41) is 3.57. The summed E-state index contributed by atoms with van der Waals surface area (Å²) < 4.78 is 5.46. The Kier molecular flexibility index (Phi) is 5.88. The minimum Gasteiger partial charge on any atom is -0.383 e. The summed E-state index contributed by atoms with van der Waals surface area (Å²) in [6.45, 7) is 9.35. The molecule has 0 aromatic heterocycles. The van der Waals surface area contributed by atoms with Crippen LogP contribution in [0.1, 0.15) is 13.8 Å². The summed E-state index contributed by atoms with van der Waals surface area (Å²) in [5.41, 5.74) is 2.63. The van der Waals surface area contributed by atoms with Gasteiger partial charge in [-0.05, 0) is 24.6 Å². The lowest BCUT2D eigenvalue weighted by Gasteiger charge is -2.41. The van der Waals surface area contributed by atoms with E-state index >= 15 is 0 Å². The molecule has 1 heterocycles. The molecule has 0 aliphatic carbocycles. The van der Waals surface area contributed by atoms with Gasteiger partial charge in [0.15, 0.2) is 0 Å². The number of likely N-dealkylation sites (N-methyl/N-ethyl adjacent to an activating group) is 1. The Balaban J connectivity index is 2.11. The second-order valence-electron chi connectivity index (χ2n) is 6.26. The molecule has 1 unspecified atom stereocenters. The molecule has 0 saturated heterocycles. The van der Waals surface area contributed by atoms with Crippen molar-refractivity contribution in [2.24, 2.45) is 5.92 Å². The van der Waals surface area contributed by atoms with Gasteiger partial charge in [-0.25, -0.2) is 0 Å². The zero-order valence-electron chi connectivity index (χ0n) is 13.8. The first-order chi connectivity index (χ1) is 10.1. The van der Waals surface area contributed by atoms with Crippen molar-refractivity contribution in [1.29, 1.82) is 0 Å². The summed E-state index contributed by atoms with van der Waals surface area (Å²) in [6.07, 6.45) is 0. The van der Waals surface area contributed by atoms with Gasteiger partial charge in [0.1, 0.15) is 0 Å². The minimum atomic E-state index is 0.378. The molecule has 4 heteroatoms. The lowest BCUT2D eigenvalue weighted by Crippen LogP contribution is -2.51. The molecule has 2 rings (SSSR count). The van der Waals surface area contributed by atoms with Gasteiger partial charge in [-0.15, -0.1) is 0 Å². The molecule has 21 heavy (non-hydrogen) atoms. The van der Waals surface area contributed by atoms with Gasteiger partial charge in [-0.2, -0.15) is 0 Å². The fourth-order valence-electron chi connectivity index (χ4n) is 2.90. The first-order valence-electron chi connectivity index (χ1n) is 7.90. The molecule has 0 amide bonds. The van der Waals surface area contributed by atoms with E-state index in [0.717, 1.165) is 32.8 Å². The number of rotatable bonds is 7. The first kappa shape index (κ1) is 16.1. The molecule has 1 aliphatic rings. The third-order valence-electron chi connectivity index (χ3n) is 4.01. The molecule has 0 saturated carbocycles. The van der Waals surface area contributed by atoms with E-state index in [9.17, 15) is 0 Å². The number of hydrogen-bond donors (Lipinski definition) is 1. The highest BCUT2D eigenvalue weighted by Gasteiger charge is 2.25. The van der Waals surface area contributed by atoms with Crippen molar-refractivity contribution in [1.82, 2.24) is 5.32 Å². The monoisotopic (exact) mass is 291 g/mol. The summed E-state index contributed by atoms with van der Waals surface area (Å²) in [7, 11) is 3.95. The SMILES string of the molecule is COCC(CNCC(C)C)N1CCN(C)c2ccccc21. The van der Waals surface area contributed by atoms with Gasteiger partial charge in [0.25, 0.3) is 0 Å². The average Bonchev–Trinajstić information content (AvgIpc) is 2.47. The van der Waals surface area contributed by atoms with Gasteiger partial charge in [-0.1, -0.05) is 26.0 Å². The molecule has 1 N–H and O–H groups in total. The minimum absolute atomic E-state index is 0.378. The van der Waals surface area contributed by atoms with Gasteiger partial charge in [0.05, 0.1) is 24.0 Å². The Bertz CT molecular complexity index is 436. The summed E-state index contributed by atoms with van der Waals surface area (Å²) in [4.78, 5) is 4.82. The van der Waals surface area contributed by atoms with Crippen LogP contribution in [0.5, 0.6) is 0 Å². The summed E-state index contributed by atoms with van der Waals surface area (Å²) in [5.74, 6) is 0.674. The van der Waals surface area contributed by atoms with Crippen molar-refractivity contribution in [2.75, 3.05) is 56.7 Å². The summed E-state index contributed by atoms with van der Waals surface area (Å²) in [6, 6.07) is 9.03. The standard InChI is InChI=1S/C17H29N3O/c1-14(2)11-18-12-15(13-21-4)20-10-9-19(3)16-7-5-6-8-17(16)20/h5-8,14-15,18H,9-13H2,1-4H3. The molecular formula is C17H29N3O. The fraction of sp³-hybridized carbons (Fsp3) is 0.647. The van der Waals surface area contributed by atoms with E-state index in [1.165, 1.54) is 11.4 Å². The quantitative estimate of drug-likeness (QED) is 0.833. The highest BCUT2D eigenvalue weighted by atomic mass is 16.5. The molecule has 1 aliphatic heterocycles. The van der Waals surface area contributed by atoms with Gasteiger partial charge < -0.3 is 19.9 Å². The van der Waals surface area contributed by atoms with Gasteiger partial charge in [0, 0.05) is 33.8 Å². The van der Waals surface area contributed by atoms with Crippen molar-refractivity contribution < 1.29 is 4.74 Å². The van der Waals surface area contributed by atoms with Crippen LogP contribution < -0.4 is 15.1 Å². The number of fused-ring (bicyclic) bond motifs is 1. The van der Waals surface area contributed by atoms with Gasteiger partial charge in [-0.3, -0.25) is 0 Å². The Morgan fingerprint density at radius 3 is 2.52 bits per heavy atom. The van der Waals surface area contributed by atoms with E-state index in [4.69, 9.17) is 4.74 Å². The Morgan fingerprint density at radius 2 is 1.86 bits per heavy atom. The average molecular weight is 291 g/mol. The lowest BCUT2D eigenvalue weighted by atomic mass is 10.1. The number of para-hydroxylation sites is 2. The molecule has 118 valence electrons. The van der Waals surface area contributed by atoms with Crippen LogP contribution in [0, 0.1) is 5.92 Å². The van der Waals surface area contributed by atoms with Crippen LogP contribution in [0.2, 0.25) is 0 Å². The molecular weight excluding hydrogens is 262 g/mol. The molecule has 1 atom stereocenters. The fourth-order valence-corrected chi connectivity index (χ4v) is 2.90. The highest BCUT2D eigenvalue weighted by Crippen LogP contribution is 2.32. The Morgan fingerprint density at radius 1 is 1.14 bits per heavy atom. The van der Waals surface area contributed by atoms with E-state index in [2.05, 4.69) is 60.3 Å². The molecule has 0 spiro atoms. The third-order valence-corrected chi connectivity index (χ3v) is 4.01. The highest BCUT2D eigenvalue weighted by molar-refractivity contribution is 5.73. The maximum Gasteiger partial charge on any atom is 0.0678 e. The number of nitrogens with zero attached hydrogens (tertiary/aromatic N) is 2. The lowest BCUT2D eigenvalue weighted by molar-refractivity contribution is 0.174. The Labute approximate surface area is 129 Å². The molecule has 0 bridgehead atoms. The van der Waals surface area contributed by atoms with E-state index in [1.807, 2.05) is 0 Å². The number of benzene rings is 1. The van der Waals surface area contributed by atoms with Gasteiger partial charge in [0.2, 0.25) is 0 Å². The van der Waals surface area contributed by atoms with E-state index in [0.29, 0.717) is 12.0 Å². The second kappa shape index (κ2) is 7.66. The molecule has 0 radical (unpaired) electrons. The van der Waals surface area contributed by atoms with Crippen LogP contribution in [0.3, 0.4) is 0 Å². The number of ether oxygens (including phenoxy) is 1. The molecule has 1 aromatic rings. The smallest absolute Gasteiger partial charge is 0.0678 e. The van der Waals surface area contributed by atoms with E-state index < -0.39 is 0 Å². The van der Waals surface area contributed by atoms with Crippen molar-refractivity contribution >= 4 is 11.4 Å². The predicted octanol–water partition coefficient (Wildman–Crippen LogP) is 2.20. The summed E-state index contributed by atoms with van der Waals surface area (Å²) >= 11 is 0. The molecule has 0 fully saturated rings. The molecule has 4 nitrogen and oxygen atoms in total. The normalized spacial score (nSPS) is 16.2. The number of anilines is 2. The van der Waals surface area contributed by atoms with Crippen molar-refractivity contribution in [2.45, 2.75) is 19.9 Å². The van der Waals surface area contributed by atoms with Crippen LogP contribution in [0.25, 0.3) is 0 Å². The largest absolute Gasteiger partial charge is 0.383 e. The maximum atomic E-state index is 5.46. The van der Waals surface area contributed by atoms with Crippen LogP contribution in [0.15, 0.2) is 24.3 Å². The van der Waals surface area contributed by atoms with Gasteiger partial charge >= 0.3 is 0 Å². The van der Waals surface area contributed by atoms with E-state index in [1.54, 1.807) is 7.11 Å². The second-order valence-corrected chi connectivity index (χ2v) is 6.26. The maximum absolute atomic E-state index is 5.46. The van der Waals surface area contributed by atoms with Crippen LogP contribution >= 0.6 is 0 Å². The van der Waals surface area contributed by atoms with Crippen LogP contribution in [-0.2, 0) is 4.74 Å². The zero-order valence-corrected chi connectivity index (χ0v) is 13.8. The van der Waals surface area contributed by atoms with Crippen molar-refractivity contribution in [3.8, 4) is 0 Å². The topological polar surface area (TPSA) is 27.7 Å². The Hall–Kier alpha value is -1.26. The predicted molar refractivity (Wildman–Crippen MR) is 90.4 cm³/mol.